The third-order valence-electron chi connectivity index (χ3n) is 5.48. The maximum Gasteiger partial charge on any atom is 0.253 e. The van der Waals surface area contributed by atoms with Crippen LogP contribution in [0.4, 0.5) is 4.39 Å². The summed E-state index contributed by atoms with van der Waals surface area (Å²) in [6.07, 6.45) is 3.75. The summed E-state index contributed by atoms with van der Waals surface area (Å²) in [4.78, 5) is 14.5. The zero-order chi connectivity index (χ0) is 17.9. The van der Waals surface area contributed by atoms with Crippen molar-refractivity contribution >= 4 is 17.5 Å². The Labute approximate surface area is 153 Å². The first-order chi connectivity index (χ1) is 12.1. The Morgan fingerprint density at radius 2 is 2.20 bits per heavy atom. The molecule has 2 fully saturated rings. The number of rotatable bonds is 5. The smallest absolute Gasteiger partial charge is 0.253 e. The van der Waals surface area contributed by atoms with E-state index in [1.54, 1.807) is 0 Å². The van der Waals surface area contributed by atoms with Crippen molar-refractivity contribution in [2.24, 2.45) is 5.92 Å². The maximum atomic E-state index is 13.3. The van der Waals surface area contributed by atoms with Crippen LogP contribution in [0.3, 0.4) is 0 Å². The van der Waals surface area contributed by atoms with Gasteiger partial charge in [0, 0.05) is 38.5 Å². The number of hydrogen-bond donors (Lipinski definition) is 0. The lowest BCUT2D eigenvalue weighted by molar-refractivity contribution is -0.0669. The molecule has 2 aliphatic rings. The number of carbonyl (C=O) groups is 1. The van der Waals surface area contributed by atoms with Gasteiger partial charge in [-0.3, -0.25) is 4.79 Å². The summed E-state index contributed by atoms with van der Waals surface area (Å²) in [5.74, 6) is -0.107. The first-order valence-corrected chi connectivity index (χ1v) is 9.39. The summed E-state index contributed by atoms with van der Waals surface area (Å²) in [5.41, 5.74) is 0.316. The number of nitrogens with zero attached hydrogens (tertiary/aromatic N) is 1. The minimum Gasteiger partial charge on any atom is -0.382 e. The second-order valence-corrected chi connectivity index (χ2v) is 7.21. The zero-order valence-corrected chi connectivity index (χ0v) is 15.4. The molecule has 1 aromatic rings. The van der Waals surface area contributed by atoms with Crippen LogP contribution in [-0.2, 0) is 9.47 Å². The number of amides is 1. The molecule has 0 bridgehead atoms. The average molecular weight is 370 g/mol. The predicted molar refractivity (Wildman–Crippen MR) is 94.4 cm³/mol. The van der Waals surface area contributed by atoms with Gasteiger partial charge in [0.1, 0.15) is 5.82 Å². The Balaban J connectivity index is 1.60. The molecule has 4 nitrogen and oxygen atoms in total. The molecule has 2 aliphatic heterocycles. The number of likely N-dealkylation sites (tertiary alicyclic amines) is 1. The lowest BCUT2D eigenvalue weighted by atomic mass is 9.78. The van der Waals surface area contributed by atoms with Crippen molar-refractivity contribution < 1.29 is 18.7 Å². The largest absolute Gasteiger partial charge is 0.382 e. The van der Waals surface area contributed by atoms with Crippen molar-refractivity contribution in [1.29, 1.82) is 0 Å². The van der Waals surface area contributed by atoms with Crippen LogP contribution >= 0.6 is 11.6 Å². The Bertz CT molecular complexity index is 617. The highest BCUT2D eigenvalue weighted by molar-refractivity contribution is 6.31. The van der Waals surface area contributed by atoms with E-state index in [1.807, 2.05) is 11.8 Å². The van der Waals surface area contributed by atoms with E-state index in [-0.39, 0.29) is 16.5 Å². The van der Waals surface area contributed by atoms with Gasteiger partial charge in [-0.1, -0.05) is 11.6 Å². The standard InChI is InChI=1S/C19H25ClFNO3/c1-2-24-11-5-15-6-12-25-19(15)7-9-22(10-8-19)18(23)14-3-4-17(21)16(20)13-14/h3-4,13,15H,2,5-12H2,1H3/t15-/m0/s1. The van der Waals surface area contributed by atoms with Crippen LogP contribution in [0.2, 0.25) is 5.02 Å². The van der Waals surface area contributed by atoms with Crippen LogP contribution in [0.1, 0.15) is 43.0 Å². The van der Waals surface area contributed by atoms with Crippen molar-refractivity contribution in [1.82, 2.24) is 4.90 Å². The number of halogens is 2. The van der Waals surface area contributed by atoms with Crippen molar-refractivity contribution in [3.8, 4) is 0 Å². The van der Waals surface area contributed by atoms with Gasteiger partial charge in [0.25, 0.3) is 5.91 Å². The van der Waals surface area contributed by atoms with E-state index >= 15 is 0 Å². The molecule has 0 unspecified atom stereocenters. The van der Waals surface area contributed by atoms with Gasteiger partial charge in [0.2, 0.25) is 0 Å². The first-order valence-electron chi connectivity index (χ1n) is 9.02. The molecule has 1 amide bonds. The van der Waals surface area contributed by atoms with Gasteiger partial charge in [0.05, 0.1) is 10.6 Å². The molecule has 2 heterocycles. The summed E-state index contributed by atoms with van der Waals surface area (Å²) >= 11 is 5.80. The predicted octanol–water partition coefficient (Wildman–Crippen LogP) is 3.92. The summed E-state index contributed by atoms with van der Waals surface area (Å²) in [7, 11) is 0. The zero-order valence-electron chi connectivity index (χ0n) is 14.6. The van der Waals surface area contributed by atoms with Crippen molar-refractivity contribution in [3.05, 3.63) is 34.6 Å². The SMILES string of the molecule is CCOCC[C@H]1CCOC12CCN(C(=O)c1ccc(F)c(Cl)c1)CC2. The highest BCUT2D eigenvalue weighted by Crippen LogP contribution is 2.42. The molecule has 0 aromatic heterocycles. The highest BCUT2D eigenvalue weighted by atomic mass is 35.5. The molecule has 1 atom stereocenters. The summed E-state index contributed by atoms with van der Waals surface area (Å²) in [5, 5.41) is -0.0190. The third-order valence-corrected chi connectivity index (χ3v) is 5.77. The minimum absolute atomic E-state index is 0.0190. The minimum atomic E-state index is -0.507. The molecule has 25 heavy (non-hydrogen) atoms. The fraction of sp³-hybridized carbons (Fsp3) is 0.632. The molecule has 1 spiro atoms. The summed E-state index contributed by atoms with van der Waals surface area (Å²) in [6.45, 7) is 5.61. The van der Waals surface area contributed by atoms with Gasteiger partial charge < -0.3 is 14.4 Å². The Morgan fingerprint density at radius 1 is 1.44 bits per heavy atom. The molecular formula is C19H25ClFNO3. The number of benzene rings is 1. The van der Waals surface area contributed by atoms with Gasteiger partial charge >= 0.3 is 0 Å². The lowest BCUT2D eigenvalue weighted by Gasteiger charge is -2.42. The third kappa shape index (κ3) is 3.99. The van der Waals surface area contributed by atoms with Gasteiger partial charge in [-0.05, 0) is 56.7 Å². The highest BCUT2D eigenvalue weighted by Gasteiger charge is 2.46. The lowest BCUT2D eigenvalue weighted by Crippen LogP contribution is -2.49. The molecule has 6 heteroatoms. The Kier molecular flexibility index (Phi) is 5.97. The topological polar surface area (TPSA) is 38.8 Å². The van der Waals surface area contributed by atoms with E-state index in [2.05, 4.69) is 0 Å². The van der Waals surface area contributed by atoms with Gasteiger partial charge in [0.15, 0.2) is 0 Å². The second kappa shape index (κ2) is 8.02. The molecule has 0 radical (unpaired) electrons. The molecule has 2 saturated heterocycles. The summed E-state index contributed by atoms with van der Waals surface area (Å²) < 4.78 is 24.9. The monoisotopic (exact) mass is 369 g/mol. The Morgan fingerprint density at radius 3 is 2.88 bits per heavy atom. The van der Waals surface area contributed by atoms with Crippen LogP contribution in [0.25, 0.3) is 0 Å². The van der Waals surface area contributed by atoms with E-state index in [1.165, 1.54) is 18.2 Å². The molecule has 0 N–H and O–H groups in total. The molecule has 3 rings (SSSR count). The van der Waals surface area contributed by atoms with Gasteiger partial charge in [-0.2, -0.15) is 0 Å². The van der Waals surface area contributed by atoms with Crippen LogP contribution in [0.5, 0.6) is 0 Å². The normalized spacial score (nSPS) is 22.5. The van der Waals surface area contributed by atoms with E-state index < -0.39 is 5.82 Å². The average Bonchev–Trinajstić information content (AvgIpc) is 3.00. The fourth-order valence-corrected chi connectivity index (χ4v) is 4.20. The maximum absolute atomic E-state index is 13.3. The summed E-state index contributed by atoms with van der Waals surface area (Å²) in [6, 6.07) is 4.14. The fourth-order valence-electron chi connectivity index (χ4n) is 4.02. The van der Waals surface area contributed by atoms with Crippen LogP contribution in [0, 0.1) is 11.7 Å². The molecule has 1 aromatic carbocycles. The van der Waals surface area contributed by atoms with E-state index in [0.717, 1.165) is 45.5 Å². The second-order valence-electron chi connectivity index (χ2n) is 6.81. The number of ether oxygens (including phenoxy) is 2. The first kappa shape index (κ1) is 18.6. The van der Waals surface area contributed by atoms with E-state index in [9.17, 15) is 9.18 Å². The number of piperidine rings is 1. The molecular weight excluding hydrogens is 345 g/mol. The van der Waals surface area contributed by atoms with Crippen LogP contribution in [0.15, 0.2) is 18.2 Å². The van der Waals surface area contributed by atoms with Gasteiger partial charge in [-0.25, -0.2) is 4.39 Å². The molecule has 138 valence electrons. The molecule has 0 aliphatic carbocycles. The quantitative estimate of drug-likeness (QED) is 0.738. The van der Waals surface area contributed by atoms with Gasteiger partial charge in [-0.15, -0.1) is 0 Å². The van der Waals surface area contributed by atoms with Crippen LogP contribution in [-0.4, -0.2) is 49.3 Å². The number of hydrogen-bond acceptors (Lipinski definition) is 3. The van der Waals surface area contributed by atoms with Crippen molar-refractivity contribution in [2.45, 2.75) is 38.2 Å². The molecule has 0 saturated carbocycles. The number of carbonyl (C=O) groups excluding carboxylic acids is 1. The van der Waals surface area contributed by atoms with E-state index in [0.29, 0.717) is 24.6 Å². The Hall–Kier alpha value is -1.17. The van der Waals surface area contributed by atoms with E-state index in [4.69, 9.17) is 21.1 Å². The van der Waals surface area contributed by atoms with Crippen LogP contribution < -0.4 is 0 Å². The van der Waals surface area contributed by atoms with Crippen molar-refractivity contribution in [3.63, 3.8) is 0 Å². The van der Waals surface area contributed by atoms with Crippen molar-refractivity contribution in [2.75, 3.05) is 32.9 Å².